The van der Waals surface area contributed by atoms with E-state index >= 15 is 0 Å². The highest BCUT2D eigenvalue weighted by Gasteiger charge is 2.62. The molecule has 2 fully saturated rings. The summed E-state index contributed by atoms with van der Waals surface area (Å²) in [5.41, 5.74) is 2.14. The second kappa shape index (κ2) is 5.20. The van der Waals surface area contributed by atoms with E-state index in [1.807, 2.05) is 32.9 Å². The monoisotopic (exact) mass is 339 g/mol. The number of pyridine rings is 1. The van der Waals surface area contributed by atoms with E-state index in [-0.39, 0.29) is 6.09 Å². The number of hydrogen-bond donors (Lipinski definition) is 0. The van der Waals surface area contributed by atoms with Gasteiger partial charge in [0, 0.05) is 6.54 Å². The highest BCUT2D eigenvalue weighted by atomic mass is 16.6. The van der Waals surface area contributed by atoms with Crippen molar-refractivity contribution in [1.82, 2.24) is 4.98 Å². The molecule has 132 valence electrons. The molecule has 4 rings (SSSR count). The Bertz CT molecular complexity index is 760. The molecule has 2 saturated carbocycles. The van der Waals surface area contributed by atoms with Gasteiger partial charge in [0.1, 0.15) is 11.0 Å². The Morgan fingerprint density at radius 3 is 2.64 bits per heavy atom. The normalized spacial score (nSPS) is 22.6. The Kier molecular flexibility index (Phi) is 3.41. The summed E-state index contributed by atoms with van der Waals surface area (Å²) in [5, 5.41) is 9.75. The molecule has 0 atom stereocenters. The molecular weight excluding hydrogens is 314 g/mol. The smallest absolute Gasteiger partial charge is 0.414 e. The fourth-order valence-corrected chi connectivity index (χ4v) is 4.30. The number of hydrogen-bond acceptors (Lipinski definition) is 4. The van der Waals surface area contributed by atoms with Crippen LogP contribution >= 0.6 is 0 Å². The minimum atomic E-state index is -0.516. The largest absolute Gasteiger partial charge is 0.443 e. The molecule has 5 nitrogen and oxygen atoms in total. The van der Waals surface area contributed by atoms with Gasteiger partial charge in [-0.2, -0.15) is 5.26 Å². The minimum absolute atomic E-state index is 0.321. The summed E-state index contributed by atoms with van der Waals surface area (Å²) in [5.74, 6) is 0. The molecule has 1 amide bonds. The predicted molar refractivity (Wildman–Crippen MR) is 94.3 cm³/mol. The molecule has 0 unspecified atom stereocenters. The topological polar surface area (TPSA) is 66.2 Å². The molecule has 0 radical (unpaired) electrons. The number of carbonyl (C=O) groups excluding carboxylic acids is 1. The van der Waals surface area contributed by atoms with Crippen LogP contribution in [0.15, 0.2) is 12.1 Å². The third kappa shape index (κ3) is 2.78. The lowest BCUT2D eigenvalue weighted by Gasteiger charge is -2.43. The summed E-state index contributed by atoms with van der Waals surface area (Å²) < 4.78 is 5.53. The Hall–Kier alpha value is -2.09. The molecule has 3 aliphatic rings. The molecule has 1 aromatic rings. The first kappa shape index (κ1) is 16.4. The molecule has 0 N–H and O–H groups in total. The Balaban J connectivity index is 1.60. The summed E-state index contributed by atoms with van der Waals surface area (Å²) in [7, 11) is 0. The SMILES string of the molecule is CC(C)(C)OC(=O)N1CCCc2nc(C3(C#N)CC4(CC4)C3)ccc21. The molecule has 2 aliphatic carbocycles. The van der Waals surface area contributed by atoms with Crippen LogP contribution in [0, 0.1) is 16.7 Å². The van der Waals surface area contributed by atoms with E-state index in [2.05, 4.69) is 6.07 Å². The number of aromatic nitrogens is 1. The summed E-state index contributed by atoms with van der Waals surface area (Å²) in [6.07, 6.45) is 5.79. The van der Waals surface area contributed by atoms with Crippen molar-refractivity contribution in [3.63, 3.8) is 0 Å². The first-order chi connectivity index (χ1) is 11.8. The van der Waals surface area contributed by atoms with Crippen LogP contribution in [0.5, 0.6) is 0 Å². The van der Waals surface area contributed by atoms with Crippen molar-refractivity contribution in [2.45, 2.75) is 70.3 Å². The van der Waals surface area contributed by atoms with Gasteiger partial charge in [-0.1, -0.05) is 0 Å². The molecular formula is C20H25N3O2. The van der Waals surface area contributed by atoms with Crippen LogP contribution in [0.4, 0.5) is 10.5 Å². The fourth-order valence-electron chi connectivity index (χ4n) is 4.30. The molecule has 0 bridgehead atoms. The second-order valence-corrected chi connectivity index (χ2v) is 8.95. The molecule has 5 heteroatoms. The zero-order chi connectivity index (χ0) is 17.9. The average molecular weight is 339 g/mol. The summed E-state index contributed by atoms with van der Waals surface area (Å²) in [6, 6.07) is 6.43. The van der Waals surface area contributed by atoms with Crippen LogP contribution in [0.25, 0.3) is 0 Å². The number of fused-ring (bicyclic) bond motifs is 1. The molecule has 1 aromatic heterocycles. The number of anilines is 1. The van der Waals surface area contributed by atoms with Gasteiger partial charge < -0.3 is 4.74 Å². The Morgan fingerprint density at radius 1 is 1.32 bits per heavy atom. The van der Waals surface area contributed by atoms with Gasteiger partial charge in [0.25, 0.3) is 0 Å². The van der Waals surface area contributed by atoms with Crippen LogP contribution in [0.3, 0.4) is 0 Å². The number of amides is 1. The van der Waals surface area contributed by atoms with Gasteiger partial charge >= 0.3 is 6.09 Å². The van der Waals surface area contributed by atoms with E-state index < -0.39 is 11.0 Å². The zero-order valence-electron chi connectivity index (χ0n) is 15.3. The summed E-state index contributed by atoms with van der Waals surface area (Å²) >= 11 is 0. The quantitative estimate of drug-likeness (QED) is 0.772. The lowest BCUT2D eigenvalue weighted by molar-refractivity contribution is 0.0577. The highest BCUT2D eigenvalue weighted by Crippen LogP contribution is 2.68. The molecule has 25 heavy (non-hydrogen) atoms. The van der Waals surface area contributed by atoms with Crippen molar-refractivity contribution in [3.8, 4) is 6.07 Å². The van der Waals surface area contributed by atoms with E-state index in [4.69, 9.17) is 9.72 Å². The van der Waals surface area contributed by atoms with Crippen molar-refractivity contribution >= 4 is 11.8 Å². The number of carbonyl (C=O) groups is 1. The van der Waals surface area contributed by atoms with E-state index in [0.717, 1.165) is 42.8 Å². The van der Waals surface area contributed by atoms with Crippen molar-refractivity contribution in [1.29, 1.82) is 5.26 Å². The number of nitriles is 1. The van der Waals surface area contributed by atoms with Crippen molar-refractivity contribution in [3.05, 3.63) is 23.5 Å². The maximum absolute atomic E-state index is 12.5. The van der Waals surface area contributed by atoms with E-state index in [1.54, 1.807) is 4.90 Å². The Labute approximate surface area is 149 Å². The highest BCUT2D eigenvalue weighted by molar-refractivity contribution is 5.89. The van der Waals surface area contributed by atoms with E-state index in [9.17, 15) is 10.1 Å². The van der Waals surface area contributed by atoms with Gasteiger partial charge in [0.05, 0.1) is 23.1 Å². The van der Waals surface area contributed by atoms with Gasteiger partial charge in [-0.05, 0) is 76.8 Å². The third-order valence-corrected chi connectivity index (χ3v) is 5.67. The third-order valence-electron chi connectivity index (χ3n) is 5.67. The lowest BCUT2D eigenvalue weighted by Crippen LogP contribution is -2.43. The van der Waals surface area contributed by atoms with Gasteiger partial charge in [0.15, 0.2) is 0 Å². The molecule has 0 aromatic carbocycles. The zero-order valence-corrected chi connectivity index (χ0v) is 15.3. The van der Waals surface area contributed by atoms with Crippen LogP contribution in [-0.2, 0) is 16.6 Å². The number of nitrogens with zero attached hydrogens (tertiary/aromatic N) is 3. The number of ether oxygens (including phenoxy) is 1. The average Bonchev–Trinajstić information content (AvgIpc) is 3.30. The van der Waals surface area contributed by atoms with E-state index in [0.29, 0.717) is 12.0 Å². The van der Waals surface area contributed by atoms with Crippen LogP contribution in [0.2, 0.25) is 0 Å². The summed E-state index contributed by atoms with van der Waals surface area (Å²) in [6.45, 7) is 6.27. The predicted octanol–water partition coefficient (Wildman–Crippen LogP) is 4.10. The van der Waals surface area contributed by atoms with Gasteiger partial charge in [-0.15, -0.1) is 0 Å². The first-order valence-corrected chi connectivity index (χ1v) is 9.18. The second-order valence-electron chi connectivity index (χ2n) is 8.95. The Morgan fingerprint density at radius 2 is 2.04 bits per heavy atom. The molecule has 1 spiro atoms. The maximum Gasteiger partial charge on any atom is 0.414 e. The van der Waals surface area contributed by atoms with Crippen molar-refractivity contribution < 1.29 is 9.53 Å². The lowest BCUT2D eigenvalue weighted by atomic mass is 9.58. The van der Waals surface area contributed by atoms with E-state index in [1.165, 1.54) is 12.8 Å². The molecule has 2 heterocycles. The molecule has 1 aliphatic heterocycles. The number of rotatable bonds is 1. The van der Waals surface area contributed by atoms with Gasteiger partial charge in [-0.3, -0.25) is 9.88 Å². The summed E-state index contributed by atoms with van der Waals surface area (Å²) in [4.78, 5) is 19.0. The van der Waals surface area contributed by atoms with Gasteiger partial charge in [-0.25, -0.2) is 4.79 Å². The molecule has 0 saturated heterocycles. The minimum Gasteiger partial charge on any atom is -0.443 e. The van der Waals surface area contributed by atoms with Gasteiger partial charge in [0.2, 0.25) is 0 Å². The van der Waals surface area contributed by atoms with Crippen molar-refractivity contribution in [2.75, 3.05) is 11.4 Å². The maximum atomic E-state index is 12.5. The fraction of sp³-hybridized carbons (Fsp3) is 0.650. The van der Waals surface area contributed by atoms with Crippen LogP contribution in [-0.4, -0.2) is 23.2 Å². The van der Waals surface area contributed by atoms with Crippen LogP contribution < -0.4 is 4.90 Å². The van der Waals surface area contributed by atoms with Crippen LogP contribution in [0.1, 0.15) is 64.3 Å². The standard InChI is InChI=1S/C20H25N3O2/c1-18(2,3)25-17(24)23-10-4-5-14-15(23)6-7-16(22-14)20(13-21)11-19(12-20)8-9-19/h6-7H,4-5,8-12H2,1-3H3. The number of aryl methyl sites for hydroxylation is 1. The first-order valence-electron chi connectivity index (χ1n) is 9.18. The van der Waals surface area contributed by atoms with Crippen molar-refractivity contribution in [2.24, 2.45) is 5.41 Å².